The van der Waals surface area contributed by atoms with E-state index in [2.05, 4.69) is 63.7 Å². The van der Waals surface area contributed by atoms with Crippen LogP contribution in [0, 0.1) is 6.92 Å². The Morgan fingerprint density at radius 3 is 2.84 bits per heavy atom. The summed E-state index contributed by atoms with van der Waals surface area (Å²) >= 11 is 0. The predicted molar refractivity (Wildman–Crippen MR) is 99.4 cm³/mol. The minimum atomic E-state index is 0.732. The van der Waals surface area contributed by atoms with E-state index in [0.717, 1.165) is 18.8 Å². The molecule has 0 bridgehead atoms. The van der Waals surface area contributed by atoms with Gasteiger partial charge in [-0.2, -0.15) is 5.10 Å². The number of aromatic nitrogens is 4. The summed E-state index contributed by atoms with van der Waals surface area (Å²) in [5.74, 6) is 0. The summed E-state index contributed by atoms with van der Waals surface area (Å²) in [6.07, 6.45) is 7.04. The van der Waals surface area contributed by atoms with Crippen LogP contribution in [0.15, 0.2) is 67.5 Å². The van der Waals surface area contributed by atoms with Crippen molar-refractivity contribution in [2.45, 2.75) is 20.0 Å². The molecule has 0 radical (unpaired) electrons. The second kappa shape index (κ2) is 6.73. The van der Waals surface area contributed by atoms with E-state index >= 15 is 0 Å². The van der Waals surface area contributed by atoms with Crippen molar-refractivity contribution in [1.82, 2.24) is 19.7 Å². The van der Waals surface area contributed by atoms with Crippen LogP contribution < -0.4 is 5.32 Å². The van der Waals surface area contributed by atoms with E-state index in [1.165, 1.54) is 27.5 Å². The van der Waals surface area contributed by atoms with Gasteiger partial charge in [-0.05, 0) is 47.2 Å². The Balaban J connectivity index is 1.49. The second-order valence-corrected chi connectivity index (χ2v) is 6.16. The SMILES string of the molecule is Cc1cc(NCc2cccc(Cn3cncn3)c2)cc2ccncc12. The van der Waals surface area contributed by atoms with Gasteiger partial charge in [0, 0.05) is 30.0 Å². The predicted octanol–water partition coefficient (Wildman–Crippen LogP) is 3.80. The Bertz CT molecular complexity index is 992. The van der Waals surface area contributed by atoms with Crippen LogP contribution in [0.1, 0.15) is 16.7 Å². The van der Waals surface area contributed by atoms with Gasteiger partial charge in [-0.25, -0.2) is 9.67 Å². The lowest BCUT2D eigenvalue weighted by molar-refractivity contribution is 0.684. The molecular formula is C20H19N5. The molecule has 4 aromatic rings. The third-order valence-corrected chi connectivity index (χ3v) is 4.26. The van der Waals surface area contributed by atoms with E-state index in [0.29, 0.717) is 0 Å². The molecule has 0 aliphatic heterocycles. The molecule has 0 fully saturated rings. The van der Waals surface area contributed by atoms with Gasteiger partial charge in [0.1, 0.15) is 12.7 Å². The van der Waals surface area contributed by atoms with Crippen molar-refractivity contribution in [3.63, 3.8) is 0 Å². The van der Waals surface area contributed by atoms with Gasteiger partial charge < -0.3 is 5.32 Å². The van der Waals surface area contributed by atoms with Gasteiger partial charge in [0.2, 0.25) is 0 Å². The second-order valence-electron chi connectivity index (χ2n) is 6.16. The summed E-state index contributed by atoms with van der Waals surface area (Å²) in [6, 6.07) is 14.9. The van der Waals surface area contributed by atoms with Crippen LogP contribution in [0.5, 0.6) is 0 Å². The number of anilines is 1. The van der Waals surface area contributed by atoms with E-state index in [-0.39, 0.29) is 0 Å². The summed E-state index contributed by atoms with van der Waals surface area (Å²) in [6.45, 7) is 3.63. The Labute approximate surface area is 146 Å². The van der Waals surface area contributed by atoms with Gasteiger partial charge in [0.15, 0.2) is 0 Å². The molecule has 0 amide bonds. The number of nitrogens with one attached hydrogen (secondary N) is 1. The maximum absolute atomic E-state index is 4.21. The molecule has 0 saturated carbocycles. The first-order valence-electron chi connectivity index (χ1n) is 8.26. The molecule has 5 nitrogen and oxygen atoms in total. The topological polar surface area (TPSA) is 55.6 Å². The zero-order valence-electron chi connectivity index (χ0n) is 14.1. The smallest absolute Gasteiger partial charge is 0.137 e. The Hall–Kier alpha value is -3.21. The number of hydrogen-bond acceptors (Lipinski definition) is 4. The van der Waals surface area contributed by atoms with Crippen molar-refractivity contribution in [2.75, 3.05) is 5.32 Å². The molecule has 2 aromatic carbocycles. The highest BCUT2D eigenvalue weighted by Gasteiger charge is 2.02. The molecule has 0 aliphatic carbocycles. The minimum Gasteiger partial charge on any atom is -0.381 e. The maximum atomic E-state index is 4.21. The highest BCUT2D eigenvalue weighted by molar-refractivity contribution is 5.88. The number of rotatable bonds is 5. The molecule has 0 atom stereocenters. The van der Waals surface area contributed by atoms with E-state index in [9.17, 15) is 0 Å². The molecule has 4 rings (SSSR count). The number of benzene rings is 2. The zero-order valence-corrected chi connectivity index (χ0v) is 14.1. The standard InChI is InChI=1S/C20H19N5/c1-15-7-19(9-18-5-6-21-11-20(15)18)23-10-16-3-2-4-17(8-16)12-25-14-22-13-24-25/h2-9,11,13-14,23H,10,12H2,1H3. The number of fused-ring (bicyclic) bond motifs is 1. The van der Waals surface area contributed by atoms with E-state index in [1.807, 2.05) is 23.1 Å². The maximum Gasteiger partial charge on any atom is 0.137 e. The van der Waals surface area contributed by atoms with Crippen molar-refractivity contribution in [3.8, 4) is 0 Å². The van der Waals surface area contributed by atoms with E-state index in [1.54, 1.807) is 12.7 Å². The van der Waals surface area contributed by atoms with Gasteiger partial charge in [-0.15, -0.1) is 0 Å². The van der Waals surface area contributed by atoms with Crippen LogP contribution in [0.3, 0.4) is 0 Å². The van der Waals surface area contributed by atoms with Crippen molar-refractivity contribution in [1.29, 1.82) is 0 Å². The van der Waals surface area contributed by atoms with Crippen LogP contribution in [-0.2, 0) is 13.1 Å². The lowest BCUT2D eigenvalue weighted by Gasteiger charge is -2.11. The average Bonchev–Trinajstić information content (AvgIpc) is 3.13. The molecule has 1 N–H and O–H groups in total. The fourth-order valence-corrected chi connectivity index (χ4v) is 3.03. The van der Waals surface area contributed by atoms with Crippen molar-refractivity contribution >= 4 is 16.5 Å². The highest BCUT2D eigenvalue weighted by atomic mass is 15.3. The summed E-state index contributed by atoms with van der Waals surface area (Å²) in [5.41, 5.74) is 4.81. The third kappa shape index (κ3) is 3.50. The molecule has 0 aliphatic rings. The number of pyridine rings is 1. The lowest BCUT2D eigenvalue weighted by Crippen LogP contribution is -2.03. The summed E-state index contributed by atoms with van der Waals surface area (Å²) < 4.78 is 1.83. The molecule has 0 unspecified atom stereocenters. The molecule has 5 heteroatoms. The molecule has 124 valence electrons. The summed E-state index contributed by atoms with van der Waals surface area (Å²) in [7, 11) is 0. The summed E-state index contributed by atoms with van der Waals surface area (Å²) in [4.78, 5) is 8.19. The Kier molecular flexibility index (Phi) is 4.12. The minimum absolute atomic E-state index is 0.732. The molecular weight excluding hydrogens is 310 g/mol. The van der Waals surface area contributed by atoms with E-state index in [4.69, 9.17) is 0 Å². The van der Waals surface area contributed by atoms with Crippen LogP contribution in [0.4, 0.5) is 5.69 Å². The number of aryl methyl sites for hydroxylation is 1. The molecule has 25 heavy (non-hydrogen) atoms. The van der Waals surface area contributed by atoms with Crippen LogP contribution in [0.2, 0.25) is 0 Å². The molecule has 2 aromatic heterocycles. The Morgan fingerprint density at radius 1 is 1.04 bits per heavy atom. The largest absolute Gasteiger partial charge is 0.381 e. The quantitative estimate of drug-likeness (QED) is 0.605. The number of hydrogen-bond donors (Lipinski definition) is 1. The Morgan fingerprint density at radius 2 is 1.96 bits per heavy atom. The van der Waals surface area contributed by atoms with Crippen molar-refractivity contribution < 1.29 is 0 Å². The molecule has 0 saturated heterocycles. The summed E-state index contributed by atoms with van der Waals surface area (Å²) in [5, 5.41) is 10.1. The first-order valence-corrected chi connectivity index (χ1v) is 8.26. The first kappa shape index (κ1) is 15.3. The highest BCUT2D eigenvalue weighted by Crippen LogP contribution is 2.23. The van der Waals surface area contributed by atoms with Crippen molar-refractivity contribution in [3.05, 3.63) is 84.2 Å². The fourth-order valence-electron chi connectivity index (χ4n) is 3.03. The fraction of sp³-hybridized carbons (Fsp3) is 0.150. The normalized spacial score (nSPS) is 10.9. The van der Waals surface area contributed by atoms with Crippen LogP contribution in [-0.4, -0.2) is 19.7 Å². The van der Waals surface area contributed by atoms with Gasteiger partial charge in [-0.1, -0.05) is 24.3 Å². The monoisotopic (exact) mass is 329 g/mol. The van der Waals surface area contributed by atoms with Gasteiger partial charge in [0.05, 0.1) is 6.54 Å². The van der Waals surface area contributed by atoms with Crippen molar-refractivity contribution in [2.24, 2.45) is 0 Å². The van der Waals surface area contributed by atoms with Gasteiger partial charge >= 0.3 is 0 Å². The molecule has 0 spiro atoms. The van der Waals surface area contributed by atoms with Crippen LogP contribution in [0.25, 0.3) is 10.8 Å². The lowest BCUT2D eigenvalue weighted by atomic mass is 10.1. The third-order valence-electron chi connectivity index (χ3n) is 4.26. The van der Waals surface area contributed by atoms with Crippen LogP contribution >= 0.6 is 0 Å². The first-order chi connectivity index (χ1) is 12.3. The zero-order chi connectivity index (χ0) is 17.1. The number of nitrogens with zero attached hydrogens (tertiary/aromatic N) is 4. The van der Waals surface area contributed by atoms with Gasteiger partial charge in [-0.3, -0.25) is 4.98 Å². The van der Waals surface area contributed by atoms with Gasteiger partial charge in [0.25, 0.3) is 0 Å². The average molecular weight is 329 g/mol. The molecule has 2 heterocycles. The van der Waals surface area contributed by atoms with E-state index < -0.39 is 0 Å².